The van der Waals surface area contributed by atoms with Crippen molar-refractivity contribution in [1.29, 1.82) is 0 Å². The first-order valence-corrected chi connectivity index (χ1v) is 29.9. The molecule has 4 aromatic carbocycles. The molecule has 2 aliphatic rings. The zero-order valence-electron chi connectivity index (χ0n) is 49.5. The molecule has 86 heavy (non-hydrogen) atoms. The van der Waals surface area contributed by atoms with Gasteiger partial charge >= 0.3 is 17.9 Å². The predicted molar refractivity (Wildman–Crippen MR) is 316 cm³/mol. The fourth-order valence-electron chi connectivity index (χ4n) is 9.23. The maximum absolute atomic E-state index is 14.6. The summed E-state index contributed by atoms with van der Waals surface area (Å²) in [6.07, 6.45) is 0.844. The van der Waals surface area contributed by atoms with Crippen molar-refractivity contribution in [3.63, 3.8) is 0 Å². The van der Waals surface area contributed by atoms with Crippen LogP contribution in [-0.2, 0) is 66.7 Å². The van der Waals surface area contributed by atoms with Gasteiger partial charge in [-0.15, -0.1) is 0 Å². The predicted octanol–water partition coefficient (Wildman–Crippen LogP) is 3.73. The van der Waals surface area contributed by atoms with Crippen molar-refractivity contribution < 1.29 is 66.1 Å². The van der Waals surface area contributed by atoms with Crippen LogP contribution in [0.25, 0.3) is 0 Å². The Balaban J connectivity index is 1.07. The maximum atomic E-state index is 14.6. The van der Waals surface area contributed by atoms with Gasteiger partial charge in [0.05, 0.1) is 10.5 Å². The number of ether oxygens (including phenoxy) is 3. The van der Waals surface area contributed by atoms with Gasteiger partial charge in [0.2, 0.25) is 29.6 Å². The quantitative estimate of drug-likeness (QED) is 0.0106. The third-order valence-electron chi connectivity index (χ3n) is 15.1. The van der Waals surface area contributed by atoms with Gasteiger partial charge in [0.25, 0.3) is 15.9 Å². The van der Waals surface area contributed by atoms with Crippen molar-refractivity contribution in [3.8, 4) is 5.75 Å². The topological polar surface area (TPSA) is 344 Å². The van der Waals surface area contributed by atoms with E-state index in [0.717, 1.165) is 16.7 Å². The van der Waals surface area contributed by atoms with E-state index in [1.165, 1.54) is 55.1 Å². The van der Waals surface area contributed by atoms with Crippen LogP contribution in [0.4, 0.5) is 4.79 Å². The zero-order chi connectivity index (χ0) is 62.8. The highest BCUT2D eigenvalue weighted by Gasteiger charge is 2.60. The molecule has 1 radical (unpaired) electrons. The average Bonchev–Trinajstić information content (AvgIpc) is 1.63. The number of amidine groups is 1. The van der Waals surface area contributed by atoms with Crippen LogP contribution in [0.3, 0.4) is 0 Å². The van der Waals surface area contributed by atoms with E-state index in [-0.39, 0.29) is 75.0 Å². The van der Waals surface area contributed by atoms with E-state index >= 15 is 0 Å². The summed E-state index contributed by atoms with van der Waals surface area (Å²) in [7, 11) is -4.08. The van der Waals surface area contributed by atoms with E-state index in [0.29, 0.717) is 34.6 Å². The van der Waals surface area contributed by atoms with E-state index in [1.54, 1.807) is 71.0 Å². The Bertz CT molecular complexity index is 3180. The molecule has 2 heterocycles. The molecule has 26 heteroatoms. The van der Waals surface area contributed by atoms with Crippen molar-refractivity contribution in [2.75, 3.05) is 26.2 Å². The molecular formula is C60H78N11O14S. The van der Waals surface area contributed by atoms with Gasteiger partial charge in [0, 0.05) is 24.8 Å². The largest absolute Gasteiger partial charge is 0.714 e. The lowest BCUT2D eigenvalue weighted by Crippen LogP contribution is -2.58. The molecule has 0 aromatic heterocycles. The lowest BCUT2D eigenvalue weighted by Gasteiger charge is -2.32. The fourth-order valence-corrected chi connectivity index (χ4v) is 10.2. The van der Waals surface area contributed by atoms with Gasteiger partial charge in [-0.2, -0.15) is 0 Å². The Morgan fingerprint density at radius 2 is 1.34 bits per heavy atom. The standard InChI is InChI=1S/C60H78N11O14S/c1-39-25-31-46(32-26-39)86(81,82)68-57(61)62-34-16-23-47(66-51(73)40(2)64-50(72)38-83-45-29-27-44(28-30-45)54-70(79)59(4,5)60(6,7)71(54)80)55(76)69-35-17-24-49(69)53(75)65-41(3)52(74)67-48(56(77)84-36-42-18-10-8-11-19-42)22-14-15-33-63-58(78)85-37-43-20-12-9-13-21-43/h8-13,18-21,25-32,40-41,47-49H,14-17,22-24,33-38H2,1-7H3,(H,63,78)(H,64,72)(H,65,75)(H,66,73)(H,67,74)(H3,61,62,68)/t40-,41-,47-,48-,49-/m0/s1. The molecule has 4 aromatic rings. The summed E-state index contributed by atoms with van der Waals surface area (Å²) in [4.78, 5) is 101. The van der Waals surface area contributed by atoms with Crippen LogP contribution in [0.5, 0.6) is 5.75 Å². The summed E-state index contributed by atoms with van der Waals surface area (Å²) in [6, 6.07) is 24.2. The molecular weight excluding hydrogens is 1130 g/mol. The molecule has 1 saturated heterocycles. The van der Waals surface area contributed by atoms with E-state index in [2.05, 4.69) is 36.3 Å². The van der Waals surface area contributed by atoms with E-state index in [9.17, 15) is 52.4 Å². The summed E-state index contributed by atoms with van der Waals surface area (Å²) >= 11 is 0. The Morgan fingerprint density at radius 3 is 1.94 bits per heavy atom. The van der Waals surface area contributed by atoms with Gasteiger partial charge < -0.3 is 56.6 Å². The maximum Gasteiger partial charge on any atom is 0.407 e. The second kappa shape index (κ2) is 30.3. The van der Waals surface area contributed by atoms with Crippen LogP contribution in [0, 0.1) is 12.1 Å². The highest BCUT2D eigenvalue weighted by Crippen LogP contribution is 2.37. The first-order chi connectivity index (χ1) is 40.8. The number of benzene rings is 4. The number of hydroxylamine groups is 3. The smallest absolute Gasteiger partial charge is 0.407 e. The molecule has 1 fully saturated rings. The van der Waals surface area contributed by atoms with Crippen LogP contribution in [0.15, 0.2) is 119 Å². The number of nitrogens with two attached hydrogens (primary N) is 1. The van der Waals surface area contributed by atoms with Crippen LogP contribution in [-0.4, -0.2) is 144 Å². The molecule has 0 saturated carbocycles. The van der Waals surface area contributed by atoms with Crippen molar-refractivity contribution in [1.82, 2.24) is 41.3 Å². The number of alkyl carbamates (subject to hydrolysis) is 1. The Morgan fingerprint density at radius 1 is 0.756 bits per heavy atom. The number of hydrogen-bond donors (Lipinski definition) is 7. The third-order valence-corrected chi connectivity index (χ3v) is 16.5. The number of nitrogens with zero attached hydrogens (tertiary/aromatic N) is 4. The average molecular weight is 1210 g/mol. The number of unbranched alkanes of at least 4 members (excludes halogenated alkanes) is 1. The molecule has 6 rings (SSSR count). The first-order valence-electron chi connectivity index (χ1n) is 28.4. The molecule has 5 atom stereocenters. The number of carbonyl (C=O) groups is 7. The number of nitrogens with one attached hydrogen (secondary N) is 6. The van der Waals surface area contributed by atoms with Crippen molar-refractivity contribution in [3.05, 3.63) is 137 Å². The van der Waals surface area contributed by atoms with Gasteiger partial charge in [-0.1, -0.05) is 83.4 Å². The van der Waals surface area contributed by atoms with Crippen molar-refractivity contribution in [2.24, 2.45) is 10.7 Å². The van der Waals surface area contributed by atoms with Gasteiger partial charge in [-0.25, -0.2) is 22.7 Å². The Hall–Kier alpha value is -8.78. The molecule has 6 amide bonds. The summed E-state index contributed by atoms with van der Waals surface area (Å²) in [5.41, 5.74) is 6.64. The molecule has 0 unspecified atom stereocenters. The van der Waals surface area contributed by atoms with E-state index < -0.39 is 105 Å². The number of amides is 6. The molecule has 463 valence electrons. The SMILES string of the molecule is Cc1ccc(S(=O)(=O)NC(N)=NCCC[C@H](NC(=O)[C@H](C)NC(=O)COc2ccc(C3=[N+]([O-])C(C)(C)C(C)(C)N3[O])cc2)C(=O)N2CCC[C@H]2C(=O)N[C@@H](C)C(=O)N[C@@H](CCCCNC(=O)OCc2ccccc2)C(=O)OCc2ccccc2)cc1. The monoisotopic (exact) mass is 1210 g/mol. The van der Waals surface area contributed by atoms with Crippen molar-refractivity contribution >= 4 is 63.4 Å². The number of guanidine groups is 1. The Labute approximate surface area is 501 Å². The molecule has 0 aliphatic carbocycles. The molecule has 0 spiro atoms. The fraction of sp³-hybridized carbons (Fsp3) is 0.450. The summed E-state index contributed by atoms with van der Waals surface area (Å²) in [5.74, 6) is -4.55. The number of likely N-dealkylation sites (tertiary alicyclic amines) is 1. The molecule has 2 aliphatic heterocycles. The second-order valence-corrected chi connectivity index (χ2v) is 23.8. The number of aryl methyl sites for hydroxylation is 1. The van der Waals surface area contributed by atoms with E-state index in [1.807, 2.05) is 36.4 Å². The highest BCUT2D eigenvalue weighted by molar-refractivity contribution is 7.90. The van der Waals surface area contributed by atoms with Crippen molar-refractivity contribution in [2.45, 2.75) is 153 Å². The molecule has 0 bridgehead atoms. The highest BCUT2D eigenvalue weighted by atomic mass is 32.2. The van der Waals surface area contributed by atoms with Gasteiger partial charge in [0.1, 0.15) is 54.7 Å². The van der Waals surface area contributed by atoms with Gasteiger partial charge in [-0.3, -0.25) is 33.7 Å². The number of aliphatic imine (C=N–C) groups is 1. The second-order valence-electron chi connectivity index (χ2n) is 22.1. The number of esters is 1. The summed E-state index contributed by atoms with van der Waals surface area (Å²) in [6.45, 7) is 11.0. The minimum absolute atomic E-state index is 0.0425. The minimum atomic E-state index is -4.08. The lowest BCUT2D eigenvalue weighted by atomic mass is 9.84. The number of hydrogen-bond acceptors (Lipinski definition) is 15. The lowest BCUT2D eigenvalue weighted by molar-refractivity contribution is -0.539. The number of rotatable bonds is 28. The number of carbonyl (C=O) groups excluding carboxylic acids is 7. The van der Waals surface area contributed by atoms with Crippen LogP contribution < -0.4 is 41.8 Å². The van der Waals surface area contributed by atoms with E-state index in [4.69, 9.17) is 19.9 Å². The van der Waals surface area contributed by atoms with Crippen LogP contribution >= 0.6 is 0 Å². The van der Waals surface area contributed by atoms with Crippen LogP contribution in [0.1, 0.15) is 109 Å². The normalized spacial score (nSPS) is 16.8. The Kier molecular flexibility index (Phi) is 23.4. The summed E-state index contributed by atoms with van der Waals surface area (Å²) in [5, 5.41) is 40.2. The van der Waals surface area contributed by atoms with Gasteiger partial charge in [-0.05, 0) is 141 Å². The third kappa shape index (κ3) is 18.1. The first kappa shape index (κ1) is 66.4. The minimum Gasteiger partial charge on any atom is -0.714 e. The zero-order valence-corrected chi connectivity index (χ0v) is 50.3. The number of sulfonamides is 1. The van der Waals surface area contributed by atoms with Gasteiger partial charge in [0.15, 0.2) is 12.1 Å². The van der Waals surface area contributed by atoms with Crippen LogP contribution in [0.2, 0.25) is 0 Å². The summed E-state index contributed by atoms with van der Waals surface area (Å²) < 4.78 is 45.3. The molecule has 8 N–H and O–H groups in total. The molecule has 25 nitrogen and oxygen atoms in total.